The van der Waals surface area contributed by atoms with Gasteiger partial charge in [-0.1, -0.05) is 192 Å². The van der Waals surface area contributed by atoms with Crippen molar-refractivity contribution in [1.29, 1.82) is 0 Å². The highest BCUT2D eigenvalue weighted by atomic mass is 16.1. The summed E-state index contributed by atoms with van der Waals surface area (Å²) in [5, 5.41) is 10.5. The van der Waals surface area contributed by atoms with Crippen LogP contribution in [0.15, 0.2) is 203 Å². The van der Waals surface area contributed by atoms with E-state index in [0.717, 1.165) is 104 Å². The van der Waals surface area contributed by atoms with E-state index in [1.54, 1.807) is 12.7 Å². The average Bonchev–Trinajstić information content (AvgIpc) is 1.71. The number of hydrogen-bond acceptors (Lipinski definition) is 15. The van der Waals surface area contributed by atoms with Crippen molar-refractivity contribution in [3.05, 3.63) is 281 Å². The molecule has 14 aromatic heterocycles. The summed E-state index contributed by atoms with van der Waals surface area (Å²) in [5.41, 5.74) is 25.9. The maximum absolute atomic E-state index is 11.3. The Morgan fingerprint density at radius 3 is 1.24 bits per heavy atom. The molecular formula is C95H127N19O. The number of aromatic amines is 3. The lowest BCUT2D eigenvalue weighted by molar-refractivity contribution is 0.101. The van der Waals surface area contributed by atoms with Crippen LogP contribution in [0, 0.1) is 0 Å². The highest BCUT2D eigenvalue weighted by Crippen LogP contribution is 2.31. The van der Waals surface area contributed by atoms with Gasteiger partial charge in [0.05, 0.1) is 41.5 Å². The van der Waals surface area contributed by atoms with Crippen molar-refractivity contribution < 1.29 is 4.79 Å². The van der Waals surface area contributed by atoms with Gasteiger partial charge < -0.3 is 39.7 Å². The van der Waals surface area contributed by atoms with Crippen LogP contribution in [0.25, 0.3) is 50.7 Å². The molecule has 0 aromatic carbocycles. The first-order chi connectivity index (χ1) is 53.2. The molecule has 4 aliphatic rings. The SMILES string of the molecule is C.C.C.C.C=C1Cc2cc(C(C)C)cnc2N1.C=C1Cc2cc(C(C)C)cnc2N1.CC(C)c1cnc2[nH]ccc2c1.CC(C)c1cnc2c(c1)C(=O)CN2.CC(C)c1cnc2c(c1)CC=C2.CC(C)c1cnc2ccccn12.CC(C)c1cnc2ccccn12.CC(C)c1cnc2nc[nH]c2c1.CC(C)c1cnc2nc[nH]c2c1. The van der Waals surface area contributed by atoms with E-state index < -0.39 is 0 Å². The summed E-state index contributed by atoms with van der Waals surface area (Å²) in [4.78, 5) is 67.3. The van der Waals surface area contributed by atoms with Gasteiger partial charge in [-0.15, -0.1) is 0 Å². The third kappa shape index (κ3) is 24.6. The van der Waals surface area contributed by atoms with Gasteiger partial charge in [-0.25, -0.2) is 49.8 Å². The van der Waals surface area contributed by atoms with E-state index in [0.29, 0.717) is 59.8 Å². The smallest absolute Gasteiger partial charge is 0.185 e. The number of imidazole rings is 4. The topological polar surface area (TPSA) is 251 Å². The van der Waals surface area contributed by atoms with E-state index in [2.05, 4.69) is 293 Å². The molecule has 6 N–H and O–H groups in total. The Labute approximate surface area is 683 Å². The third-order valence-corrected chi connectivity index (χ3v) is 19.4. The maximum Gasteiger partial charge on any atom is 0.185 e. The molecule has 14 aromatic rings. The van der Waals surface area contributed by atoms with Gasteiger partial charge in [0.15, 0.2) is 17.1 Å². The Bertz CT molecular complexity index is 5130. The largest absolute Gasteiger partial charge is 0.362 e. The first kappa shape index (κ1) is 92.1. The minimum atomic E-state index is 0. The average molecular weight is 1550 g/mol. The van der Waals surface area contributed by atoms with Crippen molar-refractivity contribution in [3.8, 4) is 0 Å². The Morgan fingerprint density at radius 2 is 0.791 bits per heavy atom. The highest BCUT2D eigenvalue weighted by molar-refractivity contribution is 6.07. The second kappa shape index (κ2) is 42.9. The lowest BCUT2D eigenvalue weighted by Gasteiger charge is -2.06. The van der Waals surface area contributed by atoms with E-state index in [4.69, 9.17) is 0 Å². The number of hydrogen-bond donors (Lipinski definition) is 6. The molecule has 0 saturated heterocycles. The van der Waals surface area contributed by atoms with E-state index >= 15 is 0 Å². The number of H-pyrrole nitrogens is 3. The normalized spacial score (nSPS) is 12.3. The molecular weight excluding hydrogens is 1420 g/mol. The summed E-state index contributed by atoms with van der Waals surface area (Å²) in [6, 6.07) is 29.2. The molecule has 0 saturated carbocycles. The number of allylic oxidation sites excluding steroid dienone is 3. The van der Waals surface area contributed by atoms with Gasteiger partial charge in [-0.2, -0.15) is 0 Å². The van der Waals surface area contributed by atoms with Gasteiger partial charge in [0.2, 0.25) is 0 Å². The maximum atomic E-state index is 11.3. The van der Waals surface area contributed by atoms with Crippen LogP contribution in [-0.4, -0.2) is 90.9 Å². The molecule has 608 valence electrons. The number of anilines is 3. The van der Waals surface area contributed by atoms with E-state index in [-0.39, 0.29) is 35.5 Å². The fraction of sp³-hybridized carbons (Fsp3) is 0.368. The molecule has 3 aliphatic heterocycles. The Kier molecular flexibility index (Phi) is 34.3. The minimum Gasteiger partial charge on any atom is -0.362 e. The molecule has 0 spiro atoms. The molecule has 0 atom stereocenters. The predicted octanol–water partition coefficient (Wildman–Crippen LogP) is 24.3. The minimum absolute atomic E-state index is 0. The number of rotatable bonds is 9. The lowest BCUT2D eigenvalue weighted by Crippen LogP contribution is -2.00. The predicted molar refractivity (Wildman–Crippen MR) is 483 cm³/mol. The number of carbonyl (C=O) groups excluding carboxylic acids is 1. The van der Waals surface area contributed by atoms with Crippen molar-refractivity contribution in [3.63, 3.8) is 0 Å². The molecule has 1 aliphatic carbocycles. The van der Waals surface area contributed by atoms with E-state index in [1.807, 2.05) is 110 Å². The van der Waals surface area contributed by atoms with Gasteiger partial charge in [0.1, 0.15) is 34.4 Å². The van der Waals surface area contributed by atoms with Crippen LogP contribution in [0.3, 0.4) is 0 Å². The fourth-order valence-corrected chi connectivity index (χ4v) is 12.3. The van der Waals surface area contributed by atoms with Crippen molar-refractivity contribution in [1.82, 2.24) is 78.6 Å². The van der Waals surface area contributed by atoms with Crippen LogP contribution < -0.4 is 16.0 Å². The number of aromatic nitrogens is 16. The Morgan fingerprint density at radius 1 is 0.391 bits per heavy atom. The third-order valence-electron chi connectivity index (χ3n) is 19.4. The number of fused-ring (bicyclic) bond motifs is 9. The molecule has 0 bridgehead atoms. The fourth-order valence-electron chi connectivity index (χ4n) is 12.3. The number of nitrogens with zero attached hydrogens (tertiary/aromatic N) is 13. The van der Waals surface area contributed by atoms with Gasteiger partial charge in [-0.3, -0.25) is 9.78 Å². The van der Waals surface area contributed by atoms with Gasteiger partial charge in [0, 0.05) is 126 Å². The van der Waals surface area contributed by atoms with Crippen LogP contribution in [0.1, 0.15) is 291 Å². The zero-order chi connectivity index (χ0) is 79.6. The second-order valence-electron chi connectivity index (χ2n) is 31.1. The van der Waals surface area contributed by atoms with Gasteiger partial charge >= 0.3 is 0 Å². The number of Topliss-reactive ketones (excluding diaryl/α,β-unsaturated/α-hetero) is 1. The zero-order valence-corrected chi connectivity index (χ0v) is 68.0. The van der Waals surface area contributed by atoms with Crippen molar-refractivity contribution in [2.75, 3.05) is 22.5 Å². The van der Waals surface area contributed by atoms with Crippen molar-refractivity contribution >= 4 is 74.0 Å². The standard InChI is InChI=1S/2C11H14N2.C11H13N.C10H12N2O.3C10H12N2.2C9H11N3.4CH4/c2*1-7(2)10-5-9-4-8(3)13-11(9)12-6-10;1-8(2)10-6-9-4-3-5-11(9)12-7-10;1-6(2)7-3-8-9(13)5-12-10(8)11-4-7;1-7(2)9-5-8-3-4-11-10(8)12-6-9;2*1-8(2)9-7-11-10-5-3-4-6-12(9)10;2*1-6(2)7-3-8-9(10-4-7)12-5-11-8;;;;/h2*5-7H,3-4H2,1-2H3,(H,12,13);3,5-8H,4H2,1-2H3;3-4,6H,5H2,1-2H3,(H,11,12);3-7H,1-2H3,(H,11,12);2*3-8H,1-2H3;2*3-6H,1-2H3,(H,10,11,12);4*1H4. The molecule has 18 rings (SSSR count). The quantitative estimate of drug-likeness (QED) is 0.0786. The second-order valence-corrected chi connectivity index (χ2v) is 31.1. The molecule has 20 heteroatoms. The monoisotopic (exact) mass is 1550 g/mol. The molecule has 0 fully saturated rings. The highest BCUT2D eigenvalue weighted by Gasteiger charge is 2.22. The van der Waals surface area contributed by atoms with Gasteiger partial charge in [-0.05, 0) is 177 Å². The Balaban J connectivity index is 0.000000200. The van der Waals surface area contributed by atoms with Crippen molar-refractivity contribution in [2.24, 2.45) is 0 Å². The molecule has 0 amide bonds. The number of pyridine rings is 9. The first-order valence-electron chi connectivity index (χ1n) is 38.8. The van der Waals surface area contributed by atoms with Crippen LogP contribution in [-0.2, 0) is 19.3 Å². The van der Waals surface area contributed by atoms with Crippen LogP contribution in [0.2, 0.25) is 0 Å². The first-order valence-corrected chi connectivity index (χ1v) is 38.8. The number of ketones is 1. The molecule has 115 heavy (non-hydrogen) atoms. The van der Waals surface area contributed by atoms with E-state index in [9.17, 15) is 4.79 Å². The molecule has 0 radical (unpaired) electrons. The molecule has 17 heterocycles. The summed E-state index contributed by atoms with van der Waals surface area (Å²) in [7, 11) is 0. The van der Waals surface area contributed by atoms with E-state index in [1.165, 1.54) is 66.8 Å². The number of nitrogens with one attached hydrogen (secondary N) is 6. The number of carbonyl (C=O) groups is 1. The van der Waals surface area contributed by atoms with Crippen molar-refractivity contribution in [2.45, 2.75) is 227 Å². The summed E-state index contributed by atoms with van der Waals surface area (Å²) in [5.74, 6) is 7.59. The summed E-state index contributed by atoms with van der Waals surface area (Å²) in [6.45, 7) is 47.2. The summed E-state index contributed by atoms with van der Waals surface area (Å²) >= 11 is 0. The van der Waals surface area contributed by atoms with Gasteiger partial charge in [0.25, 0.3) is 0 Å². The molecule has 0 unspecified atom stereocenters. The Hall–Kier alpha value is -11.8. The van der Waals surface area contributed by atoms with Crippen LogP contribution in [0.5, 0.6) is 0 Å². The summed E-state index contributed by atoms with van der Waals surface area (Å²) in [6.07, 6.45) is 33.8. The molecule has 20 nitrogen and oxygen atoms in total. The zero-order valence-electron chi connectivity index (χ0n) is 68.0. The van der Waals surface area contributed by atoms with Crippen LogP contribution >= 0.6 is 0 Å². The van der Waals surface area contributed by atoms with Crippen LogP contribution in [0.4, 0.5) is 17.5 Å². The lowest BCUT2D eigenvalue weighted by atomic mass is 10.0. The summed E-state index contributed by atoms with van der Waals surface area (Å²) < 4.78 is 4.26.